The molecule has 0 aliphatic rings. The number of hydrazone groups is 1. The molecule has 7 heteroatoms. The highest BCUT2D eigenvalue weighted by molar-refractivity contribution is 7.14. The Labute approximate surface area is 133 Å². The van der Waals surface area contributed by atoms with Crippen molar-refractivity contribution >= 4 is 28.5 Å². The average Bonchev–Trinajstić information content (AvgIpc) is 2.92. The van der Waals surface area contributed by atoms with Gasteiger partial charge >= 0.3 is 0 Å². The highest BCUT2D eigenvalue weighted by atomic mass is 32.1. The summed E-state index contributed by atoms with van der Waals surface area (Å²) in [6.07, 6.45) is 4.67. The molecule has 22 heavy (non-hydrogen) atoms. The summed E-state index contributed by atoms with van der Waals surface area (Å²) >= 11 is 1.36. The van der Waals surface area contributed by atoms with E-state index in [0.717, 1.165) is 24.8 Å². The highest BCUT2D eigenvalue weighted by Gasteiger charge is 2.04. The molecule has 1 aromatic heterocycles. The maximum atomic E-state index is 13.7. The van der Waals surface area contributed by atoms with Crippen LogP contribution < -0.4 is 15.9 Å². The van der Waals surface area contributed by atoms with Crippen LogP contribution in [-0.4, -0.2) is 17.8 Å². The maximum absolute atomic E-state index is 13.7. The lowest BCUT2D eigenvalue weighted by Crippen LogP contribution is -2.00. The van der Waals surface area contributed by atoms with E-state index in [2.05, 4.69) is 22.4 Å². The van der Waals surface area contributed by atoms with E-state index in [4.69, 9.17) is 10.5 Å². The zero-order valence-corrected chi connectivity index (χ0v) is 13.2. The van der Waals surface area contributed by atoms with Crippen LogP contribution in [-0.2, 0) is 0 Å². The third kappa shape index (κ3) is 5.00. The van der Waals surface area contributed by atoms with Crippen LogP contribution in [0.5, 0.6) is 5.75 Å². The minimum atomic E-state index is -0.366. The lowest BCUT2D eigenvalue weighted by atomic mass is 10.2. The molecule has 0 saturated carbocycles. The first-order valence-corrected chi connectivity index (χ1v) is 7.99. The number of halogens is 1. The van der Waals surface area contributed by atoms with E-state index < -0.39 is 0 Å². The predicted molar refractivity (Wildman–Crippen MR) is 89.2 cm³/mol. The van der Waals surface area contributed by atoms with E-state index in [-0.39, 0.29) is 11.6 Å². The molecular formula is C15H19FN4OS. The largest absolute Gasteiger partial charge is 0.490 e. The first-order chi connectivity index (χ1) is 10.7. The van der Waals surface area contributed by atoms with Crippen LogP contribution in [0, 0.1) is 5.82 Å². The molecule has 0 aliphatic carbocycles. The monoisotopic (exact) mass is 322 g/mol. The molecule has 0 atom stereocenters. The minimum Gasteiger partial charge on any atom is -0.490 e. The van der Waals surface area contributed by atoms with Gasteiger partial charge in [0.2, 0.25) is 5.13 Å². The first-order valence-electron chi connectivity index (χ1n) is 7.11. The number of aromatic nitrogens is 1. The van der Waals surface area contributed by atoms with Crippen molar-refractivity contribution in [1.82, 2.24) is 4.98 Å². The van der Waals surface area contributed by atoms with E-state index in [1.165, 1.54) is 17.4 Å². The smallest absolute Gasteiger partial charge is 0.205 e. The van der Waals surface area contributed by atoms with Crippen LogP contribution in [0.4, 0.5) is 15.3 Å². The summed E-state index contributed by atoms with van der Waals surface area (Å²) in [6.45, 7) is 2.63. The number of hydrogen-bond donors (Lipinski definition) is 2. The SMILES string of the molecule is CCCCCOc1cc(C=NNc2nc(N)cs2)ccc1F. The van der Waals surface area contributed by atoms with Gasteiger partial charge in [0.15, 0.2) is 11.6 Å². The molecule has 0 amide bonds. The number of nitrogen functional groups attached to an aromatic ring is 1. The number of thiazole rings is 1. The van der Waals surface area contributed by atoms with Crippen LogP contribution in [0.25, 0.3) is 0 Å². The van der Waals surface area contributed by atoms with Crippen molar-refractivity contribution in [2.45, 2.75) is 26.2 Å². The van der Waals surface area contributed by atoms with Gasteiger partial charge in [-0.2, -0.15) is 5.10 Å². The van der Waals surface area contributed by atoms with Crippen LogP contribution in [0.2, 0.25) is 0 Å². The Morgan fingerprint density at radius 3 is 3.05 bits per heavy atom. The first kappa shape index (κ1) is 16.2. The van der Waals surface area contributed by atoms with Gasteiger partial charge in [0.05, 0.1) is 12.8 Å². The third-order valence-corrected chi connectivity index (χ3v) is 3.62. The van der Waals surface area contributed by atoms with Crippen molar-refractivity contribution in [2.24, 2.45) is 5.10 Å². The van der Waals surface area contributed by atoms with Gasteiger partial charge in [0.25, 0.3) is 0 Å². The van der Waals surface area contributed by atoms with Gasteiger partial charge < -0.3 is 10.5 Å². The number of ether oxygens (including phenoxy) is 1. The Bertz CT molecular complexity index is 630. The molecule has 0 saturated heterocycles. The van der Waals surface area contributed by atoms with Gasteiger partial charge in [-0.25, -0.2) is 9.37 Å². The van der Waals surface area contributed by atoms with E-state index in [9.17, 15) is 4.39 Å². The molecule has 0 aliphatic heterocycles. The summed E-state index contributed by atoms with van der Waals surface area (Å²) in [4.78, 5) is 4.02. The molecule has 2 rings (SSSR count). The Morgan fingerprint density at radius 2 is 2.32 bits per heavy atom. The standard InChI is InChI=1S/C15H19FN4OS/c1-2-3-4-7-21-13-8-11(5-6-12(13)16)9-18-20-15-19-14(17)10-22-15/h5-6,8-10H,2-4,7,17H2,1H3,(H,19,20). The molecule has 1 heterocycles. The number of rotatable bonds is 8. The normalized spacial score (nSPS) is 11.0. The second-order valence-corrected chi connectivity index (χ2v) is 5.55. The zero-order chi connectivity index (χ0) is 15.8. The Hall–Kier alpha value is -2.15. The molecule has 3 N–H and O–H groups in total. The van der Waals surface area contributed by atoms with Crippen LogP contribution >= 0.6 is 11.3 Å². The van der Waals surface area contributed by atoms with Crippen LogP contribution in [0.3, 0.4) is 0 Å². The Kier molecular flexibility index (Phi) is 6.14. The van der Waals surface area contributed by atoms with Crippen molar-refractivity contribution in [3.63, 3.8) is 0 Å². The molecule has 2 aromatic rings. The summed E-state index contributed by atoms with van der Waals surface area (Å²) < 4.78 is 19.1. The zero-order valence-electron chi connectivity index (χ0n) is 12.4. The lowest BCUT2D eigenvalue weighted by Gasteiger charge is -2.07. The maximum Gasteiger partial charge on any atom is 0.205 e. The van der Waals surface area contributed by atoms with E-state index in [1.807, 2.05) is 0 Å². The fourth-order valence-electron chi connectivity index (χ4n) is 1.74. The summed E-state index contributed by atoms with van der Waals surface area (Å²) in [7, 11) is 0. The second kappa shape index (κ2) is 8.33. The predicted octanol–water partition coefficient (Wildman–Crippen LogP) is 3.88. The number of unbranched alkanes of at least 4 members (excludes halogenated alkanes) is 2. The number of nitrogens with zero attached hydrogens (tertiary/aromatic N) is 2. The highest BCUT2D eigenvalue weighted by Crippen LogP contribution is 2.19. The van der Waals surface area contributed by atoms with Crippen molar-refractivity contribution in [3.8, 4) is 5.75 Å². The molecule has 118 valence electrons. The fourth-order valence-corrected chi connectivity index (χ4v) is 2.29. The number of nitrogens with two attached hydrogens (primary N) is 1. The Morgan fingerprint density at radius 1 is 1.45 bits per heavy atom. The van der Waals surface area contributed by atoms with Crippen LogP contribution in [0.15, 0.2) is 28.7 Å². The van der Waals surface area contributed by atoms with E-state index in [1.54, 1.807) is 23.7 Å². The number of benzene rings is 1. The van der Waals surface area contributed by atoms with Crippen LogP contribution in [0.1, 0.15) is 31.7 Å². The molecule has 0 fully saturated rings. The van der Waals surface area contributed by atoms with Gasteiger partial charge in [0.1, 0.15) is 5.82 Å². The van der Waals surface area contributed by atoms with Gasteiger partial charge in [-0.05, 0) is 24.1 Å². The van der Waals surface area contributed by atoms with Crippen molar-refractivity contribution in [3.05, 3.63) is 35.0 Å². The van der Waals surface area contributed by atoms with E-state index >= 15 is 0 Å². The van der Waals surface area contributed by atoms with E-state index in [0.29, 0.717) is 17.6 Å². The summed E-state index contributed by atoms with van der Waals surface area (Å²) in [5.41, 5.74) is 9.03. The lowest BCUT2D eigenvalue weighted by molar-refractivity contribution is 0.291. The van der Waals surface area contributed by atoms with Gasteiger partial charge in [-0.15, -0.1) is 11.3 Å². The molecule has 0 unspecified atom stereocenters. The molecule has 5 nitrogen and oxygen atoms in total. The Balaban J connectivity index is 1.93. The number of hydrogen-bond acceptors (Lipinski definition) is 6. The van der Waals surface area contributed by atoms with Gasteiger partial charge in [-0.1, -0.05) is 25.8 Å². The fraction of sp³-hybridized carbons (Fsp3) is 0.333. The summed E-state index contributed by atoms with van der Waals surface area (Å²) in [6, 6.07) is 4.64. The molecule has 0 radical (unpaired) electrons. The molecule has 0 bridgehead atoms. The molecular weight excluding hydrogens is 303 g/mol. The molecule has 1 aromatic carbocycles. The van der Waals surface area contributed by atoms with Crippen molar-refractivity contribution in [2.75, 3.05) is 17.8 Å². The second-order valence-electron chi connectivity index (χ2n) is 4.69. The van der Waals surface area contributed by atoms with Gasteiger partial charge in [0, 0.05) is 5.38 Å². The average molecular weight is 322 g/mol. The topological polar surface area (TPSA) is 72.5 Å². The summed E-state index contributed by atoms with van der Waals surface area (Å²) in [5, 5.41) is 6.37. The number of nitrogens with one attached hydrogen (secondary N) is 1. The third-order valence-electron chi connectivity index (χ3n) is 2.86. The molecule has 0 spiro atoms. The number of anilines is 2. The minimum absolute atomic E-state index is 0.249. The summed E-state index contributed by atoms with van der Waals surface area (Å²) in [5.74, 6) is 0.333. The van der Waals surface area contributed by atoms with Crippen molar-refractivity contribution < 1.29 is 9.13 Å². The quantitative estimate of drug-likeness (QED) is 0.439. The van der Waals surface area contributed by atoms with Gasteiger partial charge in [-0.3, -0.25) is 5.43 Å². The van der Waals surface area contributed by atoms with Crippen molar-refractivity contribution in [1.29, 1.82) is 0 Å².